The maximum absolute atomic E-state index is 5.35. The number of rotatable bonds is 3. The van der Waals surface area contributed by atoms with Gasteiger partial charge in [0.15, 0.2) is 0 Å². The van der Waals surface area contributed by atoms with E-state index in [0.717, 1.165) is 6.54 Å². The van der Waals surface area contributed by atoms with E-state index < -0.39 is 0 Å². The van der Waals surface area contributed by atoms with E-state index >= 15 is 0 Å². The highest BCUT2D eigenvalue weighted by Crippen LogP contribution is 2.12. The molecule has 0 saturated heterocycles. The minimum atomic E-state index is 0.251. The molecule has 2 N–H and O–H groups in total. The fourth-order valence-electron chi connectivity index (χ4n) is 1.10. The molecule has 0 aliphatic heterocycles. The van der Waals surface area contributed by atoms with Crippen molar-refractivity contribution in [1.82, 2.24) is 19.9 Å². The third-order valence-electron chi connectivity index (χ3n) is 1.84. The second-order valence-electron chi connectivity index (χ2n) is 2.77. The van der Waals surface area contributed by atoms with Crippen LogP contribution in [-0.2, 0) is 13.1 Å². The van der Waals surface area contributed by atoms with Crippen LogP contribution in [0.1, 0.15) is 12.8 Å². The van der Waals surface area contributed by atoms with Gasteiger partial charge in [0.05, 0.1) is 6.54 Å². The number of nitrogens with zero attached hydrogens (tertiary/aromatic N) is 4. The quantitative estimate of drug-likeness (QED) is 0.763. The Balaban J connectivity index is 2.29. The molecule has 2 heterocycles. The van der Waals surface area contributed by atoms with Crippen LogP contribution < -0.4 is 5.73 Å². The molecule has 0 spiro atoms. The molecule has 74 valence electrons. The maximum atomic E-state index is 5.35. The third kappa shape index (κ3) is 1.51. The van der Waals surface area contributed by atoms with E-state index in [1.54, 1.807) is 4.68 Å². The van der Waals surface area contributed by atoms with Gasteiger partial charge in [0, 0.05) is 12.7 Å². The summed E-state index contributed by atoms with van der Waals surface area (Å²) in [6.07, 6.45) is 1.87. The van der Waals surface area contributed by atoms with Crippen molar-refractivity contribution in [3.63, 3.8) is 0 Å². The molecule has 14 heavy (non-hydrogen) atoms. The van der Waals surface area contributed by atoms with E-state index in [0.29, 0.717) is 17.4 Å². The van der Waals surface area contributed by atoms with Gasteiger partial charge in [0.25, 0.3) is 0 Å². The Bertz CT molecular complexity index is 379. The summed E-state index contributed by atoms with van der Waals surface area (Å²) in [4.78, 5) is 4.07. The molecule has 6 heteroatoms. The standard InChI is InChI=1S/C8H11N5O/c1-2-13-4-3-6(11-13)8-10-7(5-9)14-12-8/h3-4H,2,5,9H2,1H3. The van der Waals surface area contributed by atoms with Gasteiger partial charge in [-0.15, -0.1) is 0 Å². The summed E-state index contributed by atoms with van der Waals surface area (Å²) in [6.45, 7) is 3.08. The van der Waals surface area contributed by atoms with Crippen molar-refractivity contribution in [3.05, 3.63) is 18.2 Å². The number of aromatic nitrogens is 4. The average Bonchev–Trinajstić information content (AvgIpc) is 2.86. The number of hydrogen-bond donors (Lipinski definition) is 1. The van der Waals surface area contributed by atoms with Crippen molar-refractivity contribution < 1.29 is 4.52 Å². The average molecular weight is 193 g/mol. The Kier molecular flexibility index (Phi) is 2.28. The molecular formula is C8H11N5O. The molecule has 0 unspecified atom stereocenters. The highest BCUT2D eigenvalue weighted by Gasteiger charge is 2.09. The second-order valence-corrected chi connectivity index (χ2v) is 2.77. The lowest BCUT2D eigenvalue weighted by Gasteiger charge is -1.90. The largest absolute Gasteiger partial charge is 0.338 e. The summed E-state index contributed by atoms with van der Waals surface area (Å²) in [5, 5.41) is 8.00. The molecule has 2 rings (SSSR count). The van der Waals surface area contributed by atoms with Gasteiger partial charge < -0.3 is 10.3 Å². The maximum Gasteiger partial charge on any atom is 0.240 e. The van der Waals surface area contributed by atoms with Gasteiger partial charge >= 0.3 is 0 Å². The lowest BCUT2D eigenvalue weighted by molar-refractivity contribution is 0.380. The van der Waals surface area contributed by atoms with Crippen LogP contribution in [0.3, 0.4) is 0 Å². The highest BCUT2D eigenvalue weighted by molar-refractivity contribution is 5.46. The minimum Gasteiger partial charge on any atom is -0.338 e. The summed E-state index contributed by atoms with van der Waals surface area (Å²) in [5.41, 5.74) is 6.05. The van der Waals surface area contributed by atoms with E-state index in [1.807, 2.05) is 19.2 Å². The zero-order chi connectivity index (χ0) is 9.97. The molecule has 0 aliphatic carbocycles. The summed E-state index contributed by atoms with van der Waals surface area (Å²) in [5.74, 6) is 0.906. The lowest BCUT2D eigenvalue weighted by Crippen LogP contribution is -1.96. The summed E-state index contributed by atoms with van der Waals surface area (Å²) in [7, 11) is 0. The molecule has 0 fully saturated rings. The van der Waals surface area contributed by atoms with Crippen molar-refractivity contribution in [3.8, 4) is 11.5 Å². The summed E-state index contributed by atoms with van der Waals surface area (Å²) >= 11 is 0. The van der Waals surface area contributed by atoms with Gasteiger partial charge in [0.2, 0.25) is 11.7 Å². The first-order valence-electron chi connectivity index (χ1n) is 4.40. The highest BCUT2D eigenvalue weighted by atomic mass is 16.5. The van der Waals surface area contributed by atoms with Crippen LogP contribution in [-0.4, -0.2) is 19.9 Å². The van der Waals surface area contributed by atoms with Crippen LogP contribution in [0.5, 0.6) is 0 Å². The van der Waals surface area contributed by atoms with Crippen molar-refractivity contribution in [1.29, 1.82) is 0 Å². The van der Waals surface area contributed by atoms with Gasteiger partial charge in [-0.2, -0.15) is 10.1 Å². The molecule has 2 aromatic rings. The predicted octanol–water partition coefficient (Wildman–Crippen LogP) is 0.412. The van der Waals surface area contributed by atoms with Crippen molar-refractivity contribution in [2.24, 2.45) is 5.73 Å². The molecule has 0 aliphatic rings. The molecular weight excluding hydrogens is 182 g/mol. The second kappa shape index (κ2) is 3.59. The fraction of sp³-hybridized carbons (Fsp3) is 0.375. The molecule has 2 aromatic heterocycles. The Labute approximate surface area is 80.7 Å². The van der Waals surface area contributed by atoms with Crippen LogP contribution in [0.25, 0.3) is 11.5 Å². The first-order valence-corrected chi connectivity index (χ1v) is 4.40. The van der Waals surface area contributed by atoms with Crippen LogP contribution in [0, 0.1) is 0 Å². The van der Waals surface area contributed by atoms with Crippen LogP contribution >= 0.6 is 0 Å². The van der Waals surface area contributed by atoms with E-state index in [4.69, 9.17) is 10.3 Å². The molecule has 0 amide bonds. The molecule has 0 bridgehead atoms. The van der Waals surface area contributed by atoms with Crippen LogP contribution in [0.15, 0.2) is 16.8 Å². The van der Waals surface area contributed by atoms with Crippen LogP contribution in [0.2, 0.25) is 0 Å². The van der Waals surface area contributed by atoms with Crippen molar-refractivity contribution >= 4 is 0 Å². The van der Waals surface area contributed by atoms with Gasteiger partial charge in [-0.05, 0) is 13.0 Å². The van der Waals surface area contributed by atoms with E-state index in [-0.39, 0.29) is 6.54 Å². The molecule has 0 aromatic carbocycles. The first kappa shape index (κ1) is 8.89. The molecule has 0 saturated carbocycles. The summed E-state index contributed by atoms with van der Waals surface area (Å²) in [6, 6.07) is 1.84. The number of hydrogen-bond acceptors (Lipinski definition) is 5. The Morgan fingerprint density at radius 1 is 1.57 bits per heavy atom. The molecule has 6 nitrogen and oxygen atoms in total. The normalized spacial score (nSPS) is 10.7. The lowest BCUT2D eigenvalue weighted by atomic mass is 10.4. The third-order valence-corrected chi connectivity index (χ3v) is 1.84. The van der Waals surface area contributed by atoms with E-state index in [9.17, 15) is 0 Å². The number of aryl methyl sites for hydroxylation is 1. The molecule has 0 atom stereocenters. The Hall–Kier alpha value is -1.69. The Morgan fingerprint density at radius 3 is 3.00 bits per heavy atom. The monoisotopic (exact) mass is 193 g/mol. The van der Waals surface area contributed by atoms with Crippen molar-refractivity contribution in [2.75, 3.05) is 0 Å². The van der Waals surface area contributed by atoms with E-state index in [2.05, 4.69) is 15.2 Å². The van der Waals surface area contributed by atoms with Gasteiger partial charge in [0.1, 0.15) is 5.69 Å². The zero-order valence-electron chi connectivity index (χ0n) is 7.84. The first-order chi connectivity index (χ1) is 6.83. The predicted molar refractivity (Wildman–Crippen MR) is 49.1 cm³/mol. The fourth-order valence-corrected chi connectivity index (χ4v) is 1.10. The number of nitrogens with two attached hydrogens (primary N) is 1. The van der Waals surface area contributed by atoms with Crippen molar-refractivity contribution in [2.45, 2.75) is 20.0 Å². The smallest absolute Gasteiger partial charge is 0.240 e. The molecule has 0 radical (unpaired) electrons. The SMILES string of the molecule is CCn1ccc(-c2noc(CN)n2)n1. The van der Waals surface area contributed by atoms with Gasteiger partial charge in [-0.1, -0.05) is 5.16 Å². The minimum absolute atomic E-state index is 0.251. The van der Waals surface area contributed by atoms with Gasteiger partial charge in [-0.3, -0.25) is 4.68 Å². The summed E-state index contributed by atoms with van der Waals surface area (Å²) < 4.78 is 6.68. The van der Waals surface area contributed by atoms with Crippen LogP contribution in [0.4, 0.5) is 0 Å². The zero-order valence-corrected chi connectivity index (χ0v) is 7.84. The topological polar surface area (TPSA) is 82.8 Å². The van der Waals surface area contributed by atoms with Gasteiger partial charge in [-0.25, -0.2) is 0 Å². The van der Waals surface area contributed by atoms with E-state index in [1.165, 1.54) is 0 Å². The Morgan fingerprint density at radius 2 is 2.43 bits per heavy atom.